The van der Waals surface area contributed by atoms with E-state index >= 15 is 0 Å². The molecule has 116 valence electrons. The van der Waals surface area contributed by atoms with E-state index in [1.54, 1.807) is 9.80 Å². The zero-order valence-electron chi connectivity index (χ0n) is 13.5. The number of carbonyl (C=O) groups excluding carboxylic acids is 2. The minimum absolute atomic E-state index is 0.00291. The Morgan fingerprint density at radius 3 is 2.24 bits per heavy atom. The number of hydrogen-bond donors (Lipinski definition) is 0. The zero-order chi connectivity index (χ0) is 15.8. The van der Waals surface area contributed by atoms with E-state index in [0.29, 0.717) is 13.1 Å². The highest BCUT2D eigenvalue weighted by Gasteiger charge is 2.21. The van der Waals surface area contributed by atoms with Crippen LogP contribution < -0.4 is 0 Å². The maximum absolute atomic E-state index is 12.4. The van der Waals surface area contributed by atoms with Gasteiger partial charge in [-0.25, -0.2) is 0 Å². The molecule has 0 saturated heterocycles. The van der Waals surface area contributed by atoms with Gasteiger partial charge >= 0.3 is 0 Å². The van der Waals surface area contributed by atoms with Crippen LogP contribution >= 0.6 is 0 Å². The standard InChI is InChI=1S/C17H26N2O2/c1-5-14(3)19(15(4)20)13-17(21)18(6-2)12-16-10-8-7-9-11-16/h7-11,14H,5-6,12-13H2,1-4H3. The predicted molar refractivity (Wildman–Crippen MR) is 84.7 cm³/mol. The van der Waals surface area contributed by atoms with Crippen molar-refractivity contribution in [3.05, 3.63) is 35.9 Å². The van der Waals surface area contributed by atoms with Crippen LogP contribution in [0.2, 0.25) is 0 Å². The maximum atomic E-state index is 12.4. The van der Waals surface area contributed by atoms with E-state index in [1.807, 2.05) is 51.1 Å². The summed E-state index contributed by atoms with van der Waals surface area (Å²) in [4.78, 5) is 27.6. The summed E-state index contributed by atoms with van der Waals surface area (Å²) in [5, 5.41) is 0. The molecule has 1 atom stereocenters. The number of amides is 2. The highest BCUT2D eigenvalue weighted by Crippen LogP contribution is 2.08. The molecule has 0 N–H and O–H groups in total. The minimum Gasteiger partial charge on any atom is -0.337 e. The first-order valence-corrected chi connectivity index (χ1v) is 7.58. The van der Waals surface area contributed by atoms with Crippen molar-refractivity contribution in [2.24, 2.45) is 0 Å². The molecule has 0 aliphatic rings. The van der Waals surface area contributed by atoms with Crippen LogP contribution in [0.15, 0.2) is 30.3 Å². The third-order valence-electron chi connectivity index (χ3n) is 3.78. The van der Waals surface area contributed by atoms with Crippen molar-refractivity contribution in [3.63, 3.8) is 0 Å². The topological polar surface area (TPSA) is 40.6 Å². The molecule has 0 bridgehead atoms. The molecule has 0 aliphatic carbocycles. The molecule has 21 heavy (non-hydrogen) atoms. The van der Waals surface area contributed by atoms with Crippen LogP contribution in [0.5, 0.6) is 0 Å². The van der Waals surface area contributed by atoms with E-state index in [-0.39, 0.29) is 24.4 Å². The fourth-order valence-electron chi connectivity index (χ4n) is 2.22. The lowest BCUT2D eigenvalue weighted by Crippen LogP contribution is -2.45. The van der Waals surface area contributed by atoms with E-state index in [2.05, 4.69) is 0 Å². The molecule has 4 nitrogen and oxygen atoms in total. The largest absolute Gasteiger partial charge is 0.337 e. The molecular weight excluding hydrogens is 264 g/mol. The number of hydrogen-bond acceptors (Lipinski definition) is 2. The Hall–Kier alpha value is -1.84. The van der Waals surface area contributed by atoms with Crippen LogP contribution in [0, 0.1) is 0 Å². The fourth-order valence-corrected chi connectivity index (χ4v) is 2.22. The Morgan fingerprint density at radius 1 is 1.14 bits per heavy atom. The average Bonchev–Trinajstić information content (AvgIpc) is 2.49. The van der Waals surface area contributed by atoms with Gasteiger partial charge in [0.1, 0.15) is 0 Å². The highest BCUT2D eigenvalue weighted by atomic mass is 16.2. The van der Waals surface area contributed by atoms with Crippen LogP contribution in [0.3, 0.4) is 0 Å². The number of carbonyl (C=O) groups is 2. The Morgan fingerprint density at radius 2 is 1.76 bits per heavy atom. The van der Waals surface area contributed by atoms with Crippen LogP contribution in [0.25, 0.3) is 0 Å². The van der Waals surface area contributed by atoms with Crippen LogP contribution in [-0.2, 0) is 16.1 Å². The molecule has 0 spiro atoms. The van der Waals surface area contributed by atoms with Gasteiger partial charge in [-0.05, 0) is 25.8 Å². The van der Waals surface area contributed by atoms with Gasteiger partial charge in [-0.2, -0.15) is 0 Å². The Kier molecular flexibility index (Phi) is 6.92. The SMILES string of the molecule is CCC(C)N(CC(=O)N(CC)Cc1ccccc1)C(C)=O. The third kappa shape index (κ3) is 5.21. The van der Waals surface area contributed by atoms with Gasteiger partial charge < -0.3 is 9.80 Å². The first kappa shape index (κ1) is 17.2. The normalized spacial score (nSPS) is 11.8. The maximum Gasteiger partial charge on any atom is 0.242 e. The Balaban J connectivity index is 2.72. The molecule has 1 unspecified atom stereocenters. The van der Waals surface area contributed by atoms with Gasteiger partial charge in [-0.15, -0.1) is 0 Å². The molecule has 0 aromatic heterocycles. The second-order valence-corrected chi connectivity index (χ2v) is 5.30. The van der Waals surface area contributed by atoms with Crippen molar-refractivity contribution >= 4 is 11.8 Å². The molecule has 4 heteroatoms. The molecule has 1 aromatic rings. The molecule has 1 aromatic carbocycles. The molecule has 0 heterocycles. The van der Waals surface area contributed by atoms with E-state index in [0.717, 1.165) is 12.0 Å². The van der Waals surface area contributed by atoms with Gasteiger partial charge in [0, 0.05) is 26.1 Å². The van der Waals surface area contributed by atoms with Gasteiger partial charge in [0.2, 0.25) is 11.8 Å². The quantitative estimate of drug-likeness (QED) is 0.774. The summed E-state index contributed by atoms with van der Waals surface area (Å²) in [7, 11) is 0. The lowest BCUT2D eigenvalue weighted by atomic mass is 10.2. The third-order valence-corrected chi connectivity index (χ3v) is 3.78. The molecule has 0 radical (unpaired) electrons. The van der Waals surface area contributed by atoms with Gasteiger partial charge in [0.05, 0.1) is 6.54 Å². The predicted octanol–water partition coefficient (Wildman–Crippen LogP) is 2.68. The summed E-state index contributed by atoms with van der Waals surface area (Å²) in [6, 6.07) is 9.99. The van der Waals surface area contributed by atoms with Crippen LogP contribution in [0.4, 0.5) is 0 Å². The summed E-state index contributed by atoms with van der Waals surface area (Å²) in [6.07, 6.45) is 0.845. The van der Waals surface area contributed by atoms with E-state index in [4.69, 9.17) is 0 Å². The molecule has 0 saturated carbocycles. The minimum atomic E-state index is -0.0477. The summed E-state index contributed by atoms with van der Waals surface area (Å²) < 4.78 is 0. The number of nitrogens with zero attached hydrogens (tertiary/aromatic N) is 2. The molecule has 0 fully saturated rings. The lowest BCUT2D eigenvalue weighted by Gasteiger charge is -2.30. The van der Waals surface area contributed by atoms with Crippen LogP contribution in [0.1, 0.15) is 39.7 Å². The van der Waals surface area contributed by atoms with Crippen molar-refractivity contribution in [2.45, 2.75) is 46.7 Å². The fraction of sp³-hybridized carbons (Fsp3) is 0.529. The van der Waals surface area contributed by atoms with E-state index < -0.39 is 0 Å². The van der Waals surface area contributed by atoms with Crippen LogP contribution in [-0.4, -0.2) is 40.7 Å². The smallest absolute Gasteiger partial charge is 0.242 e. The van der Waals surface area contributed by atoms with Gasteiger partial charge in [0.15, 0.2) is 0 Å². The monoisotopic (exact) mass is 290 g/mol. The summed E-state index contributed by atoms with van der Waals surface area (Å²) in [5.41, 5.74) is 1.10. The highest BCUT2D eigenvalue weighted by molar-refractivity contribution is 5.84. The van der Waals surface area contributed by atoms with Gasteiger partial charge in [-0.1, -0.05) is 37.3 Å². The van der Waals surface area contributed by atoms with Crippen molar-refractivity contribution in [1.82, 2.24) is 9.80 Å². The summed E-state index contributed by atoms with van der Waals surface area (Å²) in [5.74, 6) is -0.0506. The summed E-state index contributed by atoms with van der Waals surface area (Å²) >= 11 is 0. The second kappa shape index (κ2) is 8.45. The molecule has 1 rings (SSSR count). The van der Waals surface area contributed by atoms with Gasteiger partial charge in [0.25, 0.3) is 0 Å². The second-order valence-electron chi connectivity index (χ2n) is 5.30. The lowest BCUT2D eigenvalue weighted by molar-refractivity contribution is -0.141. The Labute approximate surface area is 127 Å². The number of likely N-dealkylation sites (N-methyl/N-ethyl adjacent to an activating group) is 1. The first-order chi connectivity index (χ1) is 9.99. The van der Waals surface area contributed by atoms with Crippen molar-refractivity contribution in [1.29, 1.82) is 0 Å². The number of benzene rings is 1. The Bertz CT molecular complexity index is 459. The average molecular weight is 290 g/mol. The molecule has 0 aliphatic heterocycles. The van der Waals surface area contributed by atoms with E-state index in [1.165, 1.54) is 6.92 Å². The zero-order valence-corrected chi connectivity index (χ0v) is 13.5. The first-order valence-electron chi connectivity index (χ1n) is 7.58. The molecule has 2 amide bonds. The van der Waals surface area contributed by atoms with Crippen molar-refractivity contribution < 1.29 is 9.59 Å². The molecular formula is C17H26N2O2. The van der Waals surface area contributed by atoms with Gasteiger partial charge in [-0.3, -0.25) is 9.59 Å². The van der Waals surface area contributed by atoms with E-state index in [9.17, 15) is 9.59 Å². The number of rotatable bonds is 7. The summed E-state index contributed by atoms with van der Waals surface area (Å²) in [6.45, 7) is 8.86. The van der Waals surface area contributed by atoms with Crippen molar-refractivity contribution in [2.75, 3.05) is 13.1 Å². The van der Waals surface area contributed by atoms with Crippen molar-refractivity contribution in [3.8, 4) is 0 Å².